The zero-order valence-corrected chi connectivity index (χ0v) is 39.1. The molecule has 64 heavy (non-hydrogen) atoms. The zero-order valence-electron chi connectivity index (χ0n) is 38.3. The van der Waals surface area contributed by atoms with Gasteiger partial charge >= 0.3 is 0 Å². The van der Waals surface area contributed by atoms with E-state index in [4.69, 9.17) is 0 Å². The molecule has 10 rings (SSSR count). The van der Waals surface area contributed by atoms with E-state index >= 15 is 0 Å². The van der Waals surface area contributed by atoms with Crippen molar-refractivity contribution in [3.05, 3.63) is 180 Å². The van der Waals surface area contributed by atoms with E-state index in [1.54, 1.807) is 0 Å². The minimum absolute atomic E-state index is 0.0428. The Kier molecular flexibility index (Phi) is 11.9. The van der Waals surface area contributed by atoms with Gasteiger partial charge in [0.05, 0.1) is 10.7 Å². The number of nitrogens with zero attached hydrogens (tertiary/aromatic N) is 3. The number of benzene rings is 7. The van der Waals surface area contributed by atoms with Crippen molar-refractivity contribution in [2.75, 3.05) is 14.7 Å². The van der Waals surface area contributed by atoms with E-state index in [2.05, 4.69) is 207 Å². The van der Waals surface area contributed by atoms with Gasteiger partial charge in [-0.1, -0.05) is 144 Å². The maximum Gasteiger partial charge on any atom is 0.254 e. The molecule has 1 atom stereocenters. The summed E-state index contributed by atoms with van der Waals surface area (Å²) in [4.78, 5) is 7.67. The lowest BCUT2D eigenvalue weighted by atomic mass is 9.33. The standard InChI is InChI=1S/C59H60BN3S/c1-6-10-20-42-29-33-47(34-30-42)62-53-37-28-41(5)38-52(53)60-56-51-27-18-26-50(44(9-4)19-8-3)58(51)64-59(56)63(48-35-31-43(32-36-48)21-11-7-2)55-40-49(39-54(62)57(55)60)61(45-22-14-12-15-23-45)46-24-16-13-17-25-46/h12-18,22-40,44H,6-11,19-21H2,1-5H3. The molecule has 0 saturated heterocycles. The Morgan fingerprint density at radius 1 is 0.547 bits per heavy atom. The Labute approximate surface area is 386 Å². The normalized spacial score (nSPS) is 13.2. The third kappa shape index (κ3) is 7.52. The van der Waals surface area contributed by atoms with E-state index in [9.17, 15) is 0 Å². The van der Waals surface area contributed by atoms with Crippen molar-refractivity contribution in [3.63, 3.8) is 0 Å². The summed E-state index contributed by atoms with van der Waals surface area (Å²) in [6.07, 6.45) is 10.5. The monoisotopic (exact) mass is 853 g/mol. The molecular formula is C59H60BN3S. The molecule has 8 aromatic rings. The predicted molar refractivity (Wildman–Crippen MR) is 280 cm³/mol. The number of rotatable bonds is 15. The molecule has 2 aliphatic rings. The number of hydrogen-bond acceptors (Lipinski definition) is 4. The fourth-order valence-electron chi connectivity index (χ4n) is 10.6. The van der Waals surface area contributed by atoms with Gasteiger partial charge in [-0.25, -0.2) is 0 Å². The number of fused-ring (bicyclic) bond motifs is 6. The van der Waals surface area contributed by atoms with Gasteiger partial charge in [0.1, 0.15) is 0 Å². The first kappa shape index (κ1) is 41.9. The Morgan fingerprint density at radius 3 is 1.72 bits per heavy atom. The number of para-hydroxylation sites is 2. The Morgan fingerprint density at radius 2 is 1.14 bits per heavy atom. The number of anilines is 9. The highest BCUT2D eigenvalue weighted by Crippen LogP contribution is 2.51. The van der Waals surface area contributed by atoms with Crippen LogP contribution in [-0.2, 0) is 12.8 Å². The zero-order chi connectivity index (χ0) is 43.7. The summed E-state index contributed by atoms with van der Waals surface area (Å²) in [7, 11) is 0. The second-order valence-electron chi connectivity index (χ2n) is 18.0. The number of hydrogen-bond donors (Lipinski definition) is 0. The fraction of sp³-hybridized carbons (Fsp3) is 0.254. The molecule has 0 fully saturated rings. The minimum atomic E-state index is 0.0428. The Balaban J connectivity index is 1.31. The molecule has 320 valence electrons. The Hall–Kier alpha value is -6.04. The molecule has 1 unspecified atom stereocenters. The third-order valence-corrected chi connectivity index (χ3v) is 15.0. The average Bonchev–Trinajstić information content (AvgIpc) is 3.72. The van der Waals surface area contributed by atoms with E-state index in [-0.39, 0.29) is 6.71 Å². The average molecular weight is 854 g/mol. The second-order valence-corrected chi connectivity index (χ2v) is 19.0. The molecule has 0 bridgehead atoms. The molecule has 0 saturated carbocycles. The predicted octanol–water partition coefficient (Wildman–Crippen LogP) is 15.7. The van der Waals surface area contributed by atoms with Crippen LogP contribution in [0.15, 0.2) is 158 Å². The van der Waals surface area contributed by atoms with Crippen LogP contribution in [0.3, 0.4) is 0 Å². The van der Waals surface area contributed by atoms with Gasteiger partial charge in [0.15, 0.2) is 0 Å². The number of aryl methyl sites for hydroxylation is 3. The molecule has 3 nitrogen and oxygen atoms in total. The van der Waals surface area contributed by atoms with Gasteiger partial charge < -0.3 is 14.7 Å². The van der Waals surface area contributed by atoms with Crippen LogP contribution >= 0.6 is 11.3 Å². The lowest BCUT2D eigenvalue weighted by Gasteiger charge is -2.44. The maximum absolute atomic E-state index is 2.65. The van der Waals surface area contributed by atoms with Crippen molar-refractivity contribution in [2.45, 2.75) is 98.3 Å². The van der Waals surface area contributed by atoms with E-state index in [1.165, 1.54) is 121 Å². The molecule has 5 heteroatoms. The highest BCUT2D eigenvalue weighted by Gasteiger charge is 2.46. The van der Waals surface area contributed by atoms with Crippen LogP contribution in [-0.4, -0.2) is 6.71 Å². The summed E-state index contributed by atoms with van der Waals surface area (Å²) in [5, 5.41) is 2.74. The summed E-state index contributed by atoms with van der Waals surface area (Å²) in [6.45, 7) is 11.6. The van der Waals surface area contributed by atoms with Crippen molar-refractivity contribution in [3.8, 4) is 0 Å². The maximum atomic E-state index is 2.65. The Bertz CT molecular complexity index is 2850. The molecule has 1 aromatic heterocycles. The van der Waals surface area contributed by atoms with Crippen molar-refractivity contribution in [1.29, 1.82) is 0 Å². The highest BCUT2D eigenvalue weighted by atomic mass is 32.1. The van der Waals surface area contributed by atoms with E-state index in [0.717, 1.165) is 36.3 Å². The minimum Gasteiger partial charge on any atom is -0.311 e. The van der Waals surface area contributed by atoms with Gasteiger partial charge in [-0.2, -0.15) is 0 Å². The first-order valence-corrected chi connectivity index (χ1v) is 24.8. The summed E-state index contributed by atoms with van der Waals surface area (Å²) in [6, 6.07) is 60.2. The van der Waals surface area contributed by atoms with Crippen LogP contribution < -0.4 is 31.1 Å². The molecular weight excluding hydrogens is 794 g/mol. The molecule has 0 aliphatic carbocycles. The lowest BCUT2D eigenvalue weighted by molar-refractivity contribution is 0.600. The van der Waals surface area contributed by atoms with Crippen LogP contribution in [0.2, 0.25) is 0 Å². The number of thiophene rings is 1. The molecule has 0 amide bonds. The first-order valence-electron chi connectivity index (χ1n) is 24.0. The van der Waals surface area contributed by atoms with Gasteiger partial charge in [-0.15, -0.1) is 11.3 Å². The number of unbranched alkanes of at least 4 members (excludes halogenated alkanes) is 2. The molecule has 2 aliphatic heterocycles. The van der Waals surface area contributed by atoms with Crippen molar-refractivity contribution in [1.82, 2.24) is 0 Å². The topological polar surface area (TPSA) is 9.72 Å². The van der Waals surface area contributed by atoms with Gasteiger partial charge in [-0.05, 0) is 157 Å². The van der Waals surface area contributed by atoms with Crippen molar-refractivity contribution < 1.29 is 0 Å². The van der Waals surface area contributed by atoms with Gasteiger partial charge in [0.2, 0.25) is 0 Å². The first-order chi connectivity index (χ1) is 31.5. The van der Waals surface area contributed by atoms with Crippen LogP contribution in [0.4, 0.5) is 50.5 Å². The molecule has 0 radical (unpaired) electrons. The van der Waals surface area contributed by atoms with Crippen LogP contribution in [0.25, 0.3) is 10.1 Å². The molecule has 3 heterocycles. The van der Waals surface area contributed by atoms with Crippen LogP contribution in [0.5, 0.6) is 0 Å². The molecule has 0 spiro atoms. The quantitative estimate of drug-likeness (QED) is 0.0952. The van der Waals surface area contributed by atoms with Gasteiger partial charge in [-0.3, -0.25) is 0 Å². The summed E-state index contributed by atoms with van der Waals surface area (Å²) in [5.41, 5.74) is 19.3. The van der Waals surface area contributed by atoms with Gasteiger partial charge in [0.25, 0.3) is 6.71 Å². The summed E-state index contributed by atoms with van der Waals surface area (Å²) < 4.78 is 1.45. The van der Waals surface area contributed by atoms with Crippen LogP contribution in [0.1, 0.15) is 101 Å². The largest absolute Gasteiger partial charge is 0.311 e. The van der Waals surface area contributed by atoms with Crippen LogP contribution in [0, 0.1) is 6.92 Å². The fourth-order valence-corrected chi connectivity index (χ4v) is 12.0. The lowest BCUT2D eigenvalue weighted by Crippen LogP contribution is -2.61. The smallest absolute Gasteiger partial charge is 0.254 e. The SMILES string of the molecule is CCCCc1ccc(N2c3ccc(C)cc3B3c4c2cc(N(c2ccccc2)c2ccccc2)cc4N(c2ccc(CCCC)cc2)c2sc4c(C(CC)CCC)cccc4c23)cc1. The third-order valence-electron chi connectivity index (χ3n) is 13.8. The molecule has 0 N–H and O–H groups in total. The summed E-state index contributed by atoms with van der Waals surface area (Å²) in [5.74, 6) is 0.520. The second kappa shape index (κ2) is 18.2. The van der Waals surface area contributed by atoms with E-state index in [0.29, 0.717) is 5.92 Å². The van der Waals surface area contributed by atoms with Crippen molar-refractivity contribution >= 4 is 95.0 Å². The summed E-state index contributed by atoms with van der Waals surface area (Å²) >= 11 is 2.02. The highest BCUT2D eigenvalue weighted by molar-refractivity contribution is 7.27. The van der Waals surface area contributed by atoms with Crippen molar-refractivity contribution in [2.24, 2.45) is 0 Å². The van der Waals surface area contributed by atoms with E-state index < -0.39 is 0 Å². The van der Waals surface area contributed by atoms with Gasteiger partial charge in [0, 0.05) is 44.5 Å². The van der Waals surface area contributed by atoms with E-state index in [1.807, 2.05) is 11.3 Å². The molecule has 7 aromatic carbocycles.